The summed E-state index contributed by atoms with van der Waals surface area (Å²) in [6, 6.07) is 5.20. The third-order valence-electron chi connectivity index (χ3n) is 5.72. The van der Waals surface area contributed by atoms with Crippen LogP contribution in [0.4, 0.5) is 4.39 Å². The van der Waals surface area contributed by atoms with Gasteiger partial charge in [0.1, 0.15) is 17.7 Å². The summed E-state index contributed by atoms with van der Waals surface area (Å²) < 4.78 is 14.7. The first-order valence-corrected chi connectivity index (χ1v) is 9.25. The number of benzene rings is 1. The Balaban J connectivity index is 1.88. The number of carbonyl (C=O) groups is 2. The molecule has 2 unspecified atom stereocenters. The Kier molecular flexibility index (Phi) is 5.44. The van der Waals surface area contributed by atoms with E-state index in [1.165, 1.54) is 16.8 Å². The van der Waals surface area contributed by atoms with Crippen LogP contribution in [0.3, 0.4) is 0 Å². The van der Waals surface area contributed by atoms with Gasteiger partial charge in [-0.25, -0.2) is 9.07 Å². The summed E-state index contributed by atoms with van der Waals surface area (Å²) in [4.78, 5) is 26.8. The van der Waals surface area contributed by atoms with Crippen LogP contribution in [0.25, 0.3) is 0 Å². The summed E-state index contributed by atoms with van der Waals surface area (Å²) >= 11 is 0. The zero-order valence-electron chi connectivity index (χ0n) is 16.2. The van der Waals surface area contributed by atoms with Gasteiger partial charge in [-0.05, 0) is 47.4 Å². The van der Waals surface area contributed by atoms with Crippen LogP contribution in [0.5, 0.6) is 0 Å². The molecular weight excluding hydrogens is 365 g/mol. The summed E-state index contributed by atoms with van der Waals surface area (Å²) in [7, 11) is 0. The zero-order chi connectivity index (χ0) is 20.5. The summed E-state index contributed by atoms with van der Waals surface area (Å²) in [6.45, 7) is 5.95. The second-order valence-corrected chi connectivity index (χ2v) is 7.64. The molecule has 2 atom stereocenters. The van der Waals surface area contributed by atoms with Gasteiger partial charge in [-0.1, -0.05) is 26.0 Å². The second kappa shape index (κ2) is 7.65. The normalized spacial score (nSPS) is 20.5. The van der Waals surface area contributed by atoms with Crippen LogP contribution in [0.15, 0.2) is 24.3 Å². The van der Waals surface area contributed by atoms with E-state index in [1.54, 1.807) is 24.0 Å². The summed E-state index contributed by atoms with van der Waals surface area (Å²) in [5.41, 5.74) is -0.187. The van der Waals surface area contributed by atoms with Crippen molar-refractivity contribution in [3.05, 3.63) is 41.5 Å². The number of tetrazole rings is 1. The van der Waals surface area contributed by atoms with Gasteiger partial charge in [0.05, 0.1) is 5.41 Å². The summed E-state index contributed by atoms with van der Waals surface area (Å²) in [5, 5.41) is 21.2. The first-order valence-electron chi connectivity index (χ1n) is 9.25. The molecular formula is C19H24FN5O3. The third-order valence-corrected chi connectivity index (χ3v) is 5.72. The number of aryl methyl sites for hydroxylation is 1. The highest BCUT2D eigenvalue weighted by Crippen LogP contribution is 2.39. The van der Waals surface area contributed by atoms with E-state index >= 15 is 0 Å². The Hall–Kier alpha value is -2.84. The molecule has 28 heavy (non-hydrogen) atoms. The van der Waals surface area contributed by atoms with Gasteiger partial charge < -0.3 is 10.0 Å². The largest absolute Gasteiger partial charge is 0.481 e. The van der Waals surface area contributed by atoms with Crippen LogP contribution >= 0.6 is 0 Å². The predicted octanol–water partition coefficient (Wildman–Crippen LogP) is 1.86. The average molecular weight is 389 g/mol. The van der Waals surface area contributed by atoms with Gasteiger partial charge in [0.25, 0.3) is 0 Å². The molecule has 9 heteroatoms. The van der Waals surface area contributed by atoms with Crippen molar-refractivity contribution < 1.29 is 19.1 Å². The molecule has 1 aromatic heterocycles. The Morgan fingerprint density at radius 2 is 1.96 bits per heavy atom. The van der Waals surface area contributed by atoms with Crippen molar-refractivity contribution in [2.75, 3.05) is 13.1 Å². The lowest BCUT2D eigenvalue weighted by atomic mass is 9.76. The fraction of sp³-hybridized carbons (Fsp3) is 0.526. The van der Waals surface area contributed by atoms with Crippen LogP contribution in [0.1, 0.15) is 37.7 Å². The molecule has 1 saturated heterocycles. The SMILES string of the molecule is Cc1nnnn1C(Cc1ccc(F)cc1)C(=O)N1CCC(C(=O)O)(C(C)C)C1. The van der Waals surface area contributed by atoms with Crippen LogP contribution in [-0.4, -0.2) is 55.2 Å². The van der Waals surface area contributed by atoms with Crippen molar-refractivity contribution in [3.8, 4) is 0 Å². The number of nitrogens with zero attached hydrogens (tertiary/aromatic N) is 5. The van der Waals surface area contributed by atoms with Crippen molar-refractivity contribution >= 4 is 11.9 Å². The van der Waals surface area contributed by atoms with Crippen LogP contribution < -0.4 is 0 Å². The van der Waals surface area contributed by atoms with Crippen LogP contribution in [0, 0.1) is 24.1 Å². The number of carboxylic acids is 1. The molecule has 150 valence electrons. The molecule has 0 radical (unpaired) electrons. The van der Waals surface area contributed by atoms with Gasteiger partial charge in [0, 0.05) is 19.5 Å². The molecule has 1 amide bonds. The predicted molar refractivity (Wildman–Crippen MR) is 97.8 cm³/mol. The van der Waals surface area contributed by atoms with Crippen molar-refractivity contribution in [3.63, 3.8) is 0 Å². The molecule has 8 nitrogen and oxygen atoms in total. The maximum absolute atomic E-state index is 13.3. The number of amides is 1. The number of hydrogen-bond acceptors (Lipinski definition) is 5. The number of rotatable bonds is 6. The van der Waals surface area contributed by atoms with Gasteiger partial charge in [0.15, 0.2) is 0 Å². The van der Waals surface area contributed by atoms with Gasteiger partial charge in [-0.3, -0.25) is 9.59 Å². The Bertz CT molecular complexity index is 867. The summed E-state index contributed by atoms with van der Waals surface area (Å²) in [6.07, 6.45) is 0.687. The minimum atomic E-state index is -0.953. The molecule has 1 aliphatic rings. The number of aliphatic carboxylic acids is 1. The van der Waals surface area contributed by atoms with E-state index in [1.807, 2.05) is 13.8 Å². The average Bonchev–Trinajstić information content (AvgIpc) is 3.28. The van der Waals surface area contributed by atoms with E-state index in [9.17, 15) is 19.1 Å². The molecule has 0 spiro atoms. The highest BCUT2D eigenvalue weighted by molar-refractivity contribution is 5.83. The second-order valence-electron chi connectivity index (χ2n) is 7.64. The molecule has 2 heterocycles. The highest BCUT2D eigenvalue weighted by Gasteiger charge is 2.49. The van der Waals surface area contributed by atoms with E-state index in [0.29, 0.717) is 18.8 Å². The van der Waals surface area contributed by atoms with Gasteiger partial charge in [0.2, 0.25) is 5.91 Å². The summed E-state index contributed by atoms with van der Waals surface area (Å²) in [5.74, 6) is -1.09. The fourth-order valence-electron chi connectivity index (χ4n) is 3.77. The first kappa shape index (κ1) is 19.9. The Labute approximate surface area is 162 Å². The van der Waals surface area contributed by atoms with E-state index in [2.05, 4.69) is 15.5 Å². The van der Waals surface area contributed by atoms with E-state index in [0.717, 1.165) is 5.56 Å². The molecule has 1 aliphatic heterocycles. The van der Waals surface area contributed by atoms with Gasteiger partial charge in [-0.15, -0.1) is 5.10 Å². The molecule has 0 saturated carbocycles. The Morgan fingerprint density at radius 1 is 1.29 bits per heavy atom. The Morgan fingerprint density at radius 3 is 2.46 bits per heavy atom. The molecule has 1 aromatic carbocycles. The monoisotopic (exact) mass is 389 g/mol. The fourth-order valence-corrected chi connectivity index (χ4v) is 3.77. The topological polar surface area (TPSA) is 101 Å². The lowest BCUT2D eigenvalue weighted by Gasteiger charge is -2.30. The van der Waals surface area contributed by atoms with E-state index < -0.39 is 17.4 Å². The number of likely N-dealkylation sites (tertiary alicyclic amines) is 1. The minimum absolute atomic E-state index is 0.104. The molecule has 1 N–H and O–H groups in total. The van der Waals surface area contributed by atoms with Crippen molar-refractivity contribution in [1.82, 2.24) is 25.1 Å². The molecule has 0 bridgehead atoms. The highest BCUT2D eigenvalue weighted by atomic mass is 19.1. The van der Waals surface area contributed by atoms with Crippen LogP contribution in [-0.2, 0) is 16.0 Å². The lowest BCUT2D eigenvalue weighted by Crippen LogP contribution is -2.43. The maximum Gasteiger partial charge on any atom is 0.311 e. The molecule has 2 aromatic rings. The van der Waals surface area contributed by atoms with Gasteiger partial charge >= 0.3 is 5.97 Å². The number of hydrogen-bond donors (Lipinski definition) is 1. The third kappa shape index (κ3) is 3.61. The number of carboxylic acid groups (broad SMARTS) is 1. The van der Waals surface area contributed by atoms with E-state index in [-0.39, 0.29) is 30.6 Å². The van der Waals surface area contributed by atoms with Crippen molar-refractivity contribution in [2.45, 2.75) is 39.7 Å². The quantitative estimate of drug-likeness (QED) is 0.809. The molecule has 0 aliphatic carbocycles. The number of aromatic nitrogens is 4. The number of carbonyl (C=O) groups excluding carboxylic acids is 1. The van der Waals surface area contributed by atoms with E-state index in [4.69, 9.17) is 0 Å². The van der Waals surface area contributed by atoms with Crippen LogP contribution in [0.2, 0.25) is 0 Å². The lowest BCUT2D eigenvalue weighted by molar-refractivity contribution is -0.151. The van der Waals surface area contributed by atoms with Crippen molar-refractivity contribution in [2.24, 2.45) is 11.3 Å². The first-order chi connectivity index (χ1) is 13.2. The zero-order valence-corrected chi connectivity index (χ0v) is 16.2. The van der Waals surface area contributed by atoms with Crippen molar-refractivity contribution in [1.29, 1.82) is 0 Å². The molecule has 3 rings (SSSR count). The maximum atomic E-state index is 13.3. The number of halogens is 1. The van der Waals surface area contributed by atoms with Gasteiger partial charge in [-0.2, -0.15) is 0 Å². The smallest absolute Gasteiger partial charge is 0.311 e. The minimum Gasteiger partial charge on any atom is -0.481 e. The standard InChI is InChI=1S/C19H24FN5O3/c1-12(2)19(18(27)28)8-9-24(11-19)17(26)16(25-13(3)21-22-23-25)10-14-4-6-15(20)7-5-14/h4-7,12,16H,8-11H2,1-3H3,(H,27,28). The molecule has 1 fully saturated rings.